The summed E-state index contributed by atoms with van der Waals surface area (Å²) in [6.45, 7) is 2.45. The fraction of sp³-hybridized carbons (Fsp3) is 0.533. The quantitative estimate of drug-likeness (QED) is 0.824. The van der Waals surface area contributed by atoms with E-state index in [0.717, 1.165) is 31.5 Å². The van der Waals surface area contributed by atoms with Crippen LogP contribution in [0.15, 0.2) is 18.2 Å². The predicted octanol–water partition coefficient (Wildman–Crippen LogP) is 2.32. The first-order valence-electron chi connectivity index (χ1n) is 6.80. The molecule has 0 atom stereocenters. The van der Waals surface area contributed by atoms with Gasteiger partial charge < -0.3 is 10.6 Å². The molecule has 1 saturated carbocycles. The summed E-state index contributed by atoms with van der Waals surface area (Å²) in [5.74, 6) is 0.128. The molecule has 0 saturated heterocycles. The molecule has 1 aromatic carbocycles. The molecule has 0 bridgehead atoms. The number of carbonyl (C=O) groups excluding carboxylic acids is 1. The van der Waals surface area contributed by atoms with Gasteiger partial charge in [-0.25, -0.2) is 0 Å². The van der Waals surface area contributed by atoms with Crippen LogP contribution in [-0.4, -0.2) is 12.5 Å². The Hall–Kier alpha value is -1.35. The Morgan fingerprint density at radius 3 is 2.72 bits per heavy atom. The number of nitrogens with zero attached hydrogens (tertiary/aromatic N) is 1. The minimum atomic E-state index is -0.167. The monoisotopic (exact) mass is 244 g/mol. The Labute approximate surface area is 108 Å². The SMILES string of the molecule is CC(=O)N1CCc2ccc(C3(N)CCCC3)cc21. The maximum Gasteiger partial charge on any atom is 0.223 e. The van der Waals surface area contributed by atoms with Crippen LogP contribution in [0, 0.1) is 0 Å². The predicted molar refractivity (Wildman–Crippen MR) is 72.5 cm³/mol. The molecule has 3 rings (SSSR count). The molecule has 18 heavy (non-hydrogen) atoms. The van der Waals surface area contributed by atoms with Crippen LogP contribution in [0.25, 0.3) is 0 Å². The zero-order valence-electron chi connectivity index (χ0n) is 10.9. The lowest BCUT2D eigenvalue weighted by Gasteiger charge is -2.26. The standard InChI is InChI=1S/C15H20N2O/c1-11(18)17-9-6-12-4-5-13(10-14(12)17)15(16)7-2-3-8-15/h4-5,10H,2-3,6-9,16H2,1H3. The average Bonchev–Trinajstić information content (AvgIpc) is 2.94. The summed E-state index contributed by atoms with van der Waals surface area (Å²) in [6.07, 6.45) is 5.51. The van der Waals surface area contributed by atoms with E-state index in [9.17, 15) is 4.79 Å². The Morgan fingerprint density at radius 1 is 1.33 bits per heavy atom. The number of carbonyl (C=O) groups is 1. The first kappa shape index (κ1) is 11.7. The van der Waals surface area contributed by atoms with E-state index in [0.29, 0.717) is 0 Å². The Morgan fingerprint density at radius 2 is 2.06 bits per heavy atom. The van der Waals surface area contributed by atoms with Crippen molar-refractivity contribution in [3.8, 4) is 0 Å². The average molecular weight is 244 g/mol. The van der Waals surface area contributed by atoms with Gasteiger partial charge in [0.25, 0.3) is 0 Å². The molecule has 2 N–H and O–H groups in total. The van der Waals surface area contributed by atoms with E-state index in [4.69, 9.17) is 5.73 Å². The number of fused-ring (bicyclic) bond motifs is 1. The summed E-state index contributed by atoms with van der Waals surface area (Å²) >= 11 is 0. The molecule has 3 heteroatoms. The van der Waals surface area contributed by atoms with Crippen LogP contribution in [0.5, 0.6) is 0 Å². The number of hydrogen-bond acceptors (Lipinski definition) is 2. The van der Waals surface area contributed by atoms with Gasteiger partial charge in [0.15, 0.2) is 0 Å². The molecular formula is C15H20N2O. The van der Waals surface area contributed by atoms with Gasteiger partial charge in [-0.2, -0.15) is 0 Å². The molecule has 0 unspecified atom stereocenters. The van der Waals surface area contributed by atoms with Crippen molar-refractivity contribution in [3.63, 3.8) is 0 Å². The molecule has 96 valence electrons. The second kappa shape index (κ2) is 4.09. The molecule has 0 aromatic heterocycles. The van der Waals surface area contributed by atoms with E-state index in [1.165, 1.54) is 24.0 Å². The maximum atomic E-state index is 11.6. The normalized spacial score (nSPS) is 21.1. The summed E-state index contributed by atoms with van der Waals surface area (Å²) in [6, 6.07) is 6.46. The van der Waals surface area contributed by atoms with E-state index in [2.05, 4.69) is 18.2 Å². The van der Waals surface area contributed by atoms with Gasteiger partial charge in [0.2, 0.25) is 5.91 Å². The number of rotatable bonds is 1. The molecule has 1 heterocycles. The van der Waals surface area contributed by atoms with E-state index < -0.39 is 0 Å². The third-order valence-electron chi connectivity index (χ3n) is 4.43. The van der Waals surface area contributed by atoms with E-state index >= 15 is 0 Å². The maximum absolute atomic E-state index is 11.6. The molecule has 1 aliphatic heterocycles. The van der Waals surface area contributed by atoms with Gasteiger partial charge in [-0.1, -0.05) is 25.0 Å². The Kier molecular flexibility index (Phi) is 2.67. The molecule has 1 fully saturated rings. The van der Waals surface area contributed by atoms with Crippen LogP contribution in [0.4, 0.5) is 5.69 Å². The highest BCUT2D eigenvalue weighted by atomic mass is 16.2. The van der Waals surface area contributed by atoms with Crippen LogP contribution < -0.4 is 10.6 Å². The van der Waals surface area contributed by atoms with Crippen LogP contribution in [0.1, 0.15) is 43.7 Å². The van der Waals surface area contributed by atoms with Gasteiger partial charge in [0.05, 0.1) is 0 Å². The summed E-state index contributed by atoms with van der Waals surface area (Å²) in [7, 11) is 0. The zero-order valence-corrected chi connectivity index (χ0v) is 10.9. The van der Waals surface area contributed by atoms with Gasteiger partial charge in [0.1, 0.15) is 0 Å². The van der Waals surface area contributed by atoms with E-state index in [-0.39, 0.29) is 11.4 Å². The van der Waals surface area contributed by atoms with Crippen LogP contribution in [0.3, 0.4) is 0 Å². The third kappa shape index (κ3) is 1.74. The van der Waals surface area contributed by atoms with E-state index in [1.807, 2.05) is 4.90 Å². The van der Waals surface area contributed by atoms with Crippen molar-refractivity contribution in [2.75, 3.05) is 11.4 Å². The highest BCUT2D eigenvalue weighted by Gasteiger charge is 2.33. The van der Waals surface area contributed by atoms with Crippen LogP contribution in [-0.2, 0) is 16.8 Å². The lowest BCUT2D eigenvalue weighted by atomic mass is 9.88. The minimum absolute atomic E-state index is 0.128. The lowest BCUT2D eigenvalue weighted by Crippen LogP contribution is -2.33. The second-order valence-electron chi connectivity index (χ2n) is 5.63. The second-order valence-corrected chi connectivity index (χ2v) is 5.63. The lowest BCUT2D eigenvalue weighted by molar-refractivity contribution is -0.116. The Balaban J connectivity index is 2.00. The third-order valence-corrected chi connectivity index (χ3v) is 4.43. The van der Waals surface area contributed by atoms with Gasteiger partial charge in [-0.05, 0) is 36.5 Å². The van der Waals surface area contributed by atoms with Crippen molar-refractivity contribution in [3.05, 3.63) is 29.3 Å². The zero-order chi connectivity index (χ0) is 12.8. The number of nitrogens with two attached hydrogens (primary N) is 1. The first-order valence-corrected chi connectivity index (χ1v) is 6.80. The highest BCUT2D eigenvalue weighted by Crippen LogP contribution is 2.39. The first-order chi connectivity index (χ1) is 8.60. The number of benzene rings is 1. The van der Waals surface area contributed by atoms with Crippen molar-refractivity contribution >= 4 is 11.6 Å². The molecule has 3 nitrogen and oxygen atoms in total. The molecule has 1 aromatic rings. The van der Waals surface area contributed by atoms with Crippen LogP contribution >= 0.6 is 0 Å². The fourth-order valence-corrected chi connectivity index (χ4v) is 3.31. The largest absolute Gasteiger partial charge is 0.321 e. The minimum Gasteiger partial charge on any atom is -0.321 e. The van der Waals surface area contributed by atoms with Crippen molar-refractivity contribution < 1.29 is 4.79 Å². The van der Waals surface area contributed by atoms with Crippen molar-refractivity contribution in [1.82, 2.24) is 0 Å². The summed E-state index contributed by atoms with van der Waals surface area (Å²) < 4.78 is 0. The van der Waals surface area contributed by atoms with Gasteiger partial charge in [-0.15, -0.1) is 0 Å². The molecule has 0 spiro atoms. The molecule has 0 radical (unpaired) electrons. The fourth-order valence-electron chi connectivity index (χ4n) is 3.31. The smallest absolute Gasteiger partial charge is 0.223 e. The Bertz CT molecular complexity index is 489. The number of hydrogen-bond donors (Lipinski definition) is 1. The highest BCUT2D eigenvalue weighted by molar-refractivity contribution is 5.93. The molecule has 2 aliphatic rings. The number of anilines is 1. The van der Waals surface area contributed by atoms with Gasteiger partial charge >= 0.3 is 0 Å². The summed E-state index contributed by atoms with van der Waals surface area (Å²) in [5.41, 5.74) is 9.88. The van der Waals surface area contributed by atoms with Crippen molar-refractivity contribution in [2.24, 2.45) is 5.73 Å². The van der Waals surface area contributed by atoms with Gasteiger partial charge in [0, 0.05) is 24.7 Å². The molecule has 1 amide bonds. The summed E-state index contributed by atoms with van der Waals surface area (Å²) in [5, 5.41) is 0. The van der Waals surface area contributed by atoms with Crippen molar-refractivity contribution in [1.29, 1.82) is 0 Å². The van der Waals surface area contributed by atoms with Gasteiger partial charge in [-0.3, -0.25) is 4.79 Å². The topological polar surface area (TPSA) is 46.3 Å². The van der Waals surface area contributed by atoms with Crippen LogP contribution in [0.2, 0.25) is 0 Å². The molecule has 1 aliphatic carbocycles. The number of amides is 1. The summed E-state index contributed by atoms with van der Waals surface area (Å²) in [4.78, 5) is 13.5. The van der Waals surface area contributed by atoms with Crippen molar-refractivity contribution in [2.45, 2.75) is 44.6 Å². The molecular weight excluding hydrogens is 224 g/mol. The van der Waals surface area contributed by atoms with E-state index in [1.54, 1.807) is 6.92 Å².